The molecule has 2 rings (SSSR count). The highest BCUT2D eigenvalue weighted by Crippen LogP contribution is 2.29. The summed E-state index contributed by atoms with van der Waals surface area (Å²) in [5.41, 5.74) is 2.63. The first-order valence-electron chi connectivity index (χ1n) is 7.00. The number of aryl methyl sites for hydroxylation is 1. The van der Waals surface area contributed by atoms with Crippen LogP contribution in [0.3, 0.4) is 0 Å². The number of nitrogens with one attached hydrogen (secondary N) is 1. The molecule has 0 aromatic carbocycles. The zero-order chi connectivity index (χ0) is 13.0. The molecule has 1 aliphatic rings. The third-order valence-electron chi connectivity index (χ3n) is 3.68. The van der Waals surface area contributed by atoms with Crippen LogP contribution in [0.1, 0.15) is 44.5 Å². The maximum Gasteiger partial charge on any atom is 0.0622 e. The van der Waals surface area contributed by atoms with Gasteiger partial charge in [-0.3, -0.25) is 4.98 Å². The van der Waals surface area contributed by atoms with E-state index in [1.54, 1.807) is 0 Å². The average Bonchev–Trinajstić information content (AvgIpc) is 2.77. The maximum atomic E-state index is 5.57. The van der Waals surface area contributed by atoms with E-state index >= 15 is 0 Å². The molecule has 0 aliphatic heterocycles. The molecule has 1 aromatic heterocycles. The van der Waals surface area contributed by atoms with E-state index in [-0.39, 0.29) is 0 Å². The van der Waals surface area contributed by atoms with Crippen LogP contribution in [0.2, 0.25) is 0 Å². The monoisotopic (exact) mass is 248 g/mol. The van der Waals surface area contributed by atoms with Crippen molar-refractivity contribution in [2.75, 3.05) is 13.2 Å². The largest absolute Gasteiger partial charge is 0.380 e. The Morgan fingerprint density at radius 2 is 2.33 bits per heavy atom. The number of rotatable bonds is 6. The molecule has 0 saturated carbocycles. The molecule has 0 radical (unpaired) electrons. The second-order valence-electron chi connectivity index (χ2n) is 5.32. The third kappa shape index (κ3) is 3.09. The van der Waals surface area contributed by atoms with Gasteiger partial charge in [0.15, 0.2) is 0 Å². The first-order chi connectivity index (χ1) is 8.72. The molecule has 1 heterocycles. The Balaban J connectivity index is 2.00. The van der Waals surface area contributed by atoms with E-state index in [0.29, 0.717) is 18.0 Å². The molecule has 1 N–H and O–H groups in total. The number of nitrogens with zero attached hydrogens (tertiary/aromatic N) is 1. The van der Waals surface area contributed by atoms with E-state index in [0.717, 1.165) is 26.1 Å². The summed E-state index contributed by atoms with van der Waals surface area (Å²) in [5.74, 6) is 0.573. The lowest BCUT2D eigenvalue weighted by Gasteiger charge is -2.26. The van der Waals surface area contributed by atoms with Crippen LogP contribution in [0.15, 0.2) is 18.3 Å². The first-order valence-corrected chi connectivity index (χ1v) is 7.00. The number of pyridine rings is 1. The van der Waals surface area contributed by atoms with Gasteiger partial charge < -0.3 is 10.1 Å². The summed E-state index contributed by atoms with van der Waals surface area (Å²) in [6, 6.07) is 5.02. The summed E-state index contributed by atoms with van der Waals surface area (Å²) < 4.78 is 5.57. The topological polar surface area (TPSA) is 34.1 Å². The SMILES string of the molecule is CCOCC(NC1CCc2cccnc21)C(C)C. The van der Waals surface area contributed by atoms with Crippen LogP contribution in [0.25, 0.3) is 0 Å². The molecular formula is C15H24N2O. The van der Waals surface area contributed by atoms with Crippen LogP contribution in [0.4, 0.5) is 0 Å². The fraction of sp³-hybridized carbons (Fsp3) is 0.667. The molecule has 2 atom stereocenters. The van der Waals surface area contributed by atoms with Gasteiger partial charge in [0.2, 0.25) is 0 Å². The molecule has 3 heteroatoms. The number of ether oxygens (including phenoxy) is 1. The van der Waals surface area contributed by atoms with Gasteiger partial charge >= 0.3 is 0 Å². The van der Waals surface area contributed by atoms with Gasteiger partial charge in [0.25, 0.3) is 0 Å². The van der Waals surface area contributed by atoms with Crippen molar-refractivity contribution in [1.29, 1.82) is 0 Å². The van der Waals surface area contributed by atoms with Crippen LogP contribution < -0.4 is 5.32 Å². The molecule has 0 bridgehead atoms. The zero-order valence-corrected chi connectivity index (χ0v) is 11.6. The van der Waals surface area contributed by atoms with Gasteiger partial charge in [-0.15, -0.1) is 0 Å². The number of hydrogen-bond acceptors (Lipinski definition) is 3. The van der Waals surface area contributed by atoms with Crippen molar-refractivity contribution in [2.24, 2.45) is 5.92 Å². The summed E-state index contributed by atoms with van der Waals surface area (Å²) in [6.07, 6.45) is 4.19. The van der Waals surface area contributed by atoms with Crippen molar-refractivity contribution in [1.82, 2.24) is 10.3 Å². The van der Waals surface area contributed by atoms with Gasteiger partial charge in [-0.1, -0.05) is 19.9 Å². The molecule has 100 valence electrons. The van der Waals surface area contributed by atoms with Crippen molar-refractivity contribution in [3.63, 3.8) is 0 Å². The Morgan fingerprint density at radius 3 is 3.06 bits per heavy atom. The zero-order valence-electron chi connectivity index (χ0n) is 11.6. The summed E-state index contributed by atoms with van der Waals surface area (Å²) >= 11 is 0. The Hall–Kier alpha value is -0.930. The minimum Gasteiger partial charge on any atom is -0.380 e. The lowest BCUT2D eigenvalue weighted by molar-refractivity contribution is 0.103. The molecule has 0 spiro atoms. The Kier molecular flexibility index (Phi) is 4.72. The predicted octanol–water partition coefficient (Wildman–Crippen LogP) is 2.72. The van der Waals surface area contributed by atoms with Crippen LogP contribution >= 0.6 is 0 Å². The highest BCUT2D eigenvalue weighted by atomic mass is 16.5. The van der Waals surface area contributed by atoms with Gasteiger partial charge in [-0.25, -0.2) is 0 Å². The standard InChI is InChI=1S/C15H24N2O/c1-4-18-10-14(11(2)3)17-13-8-7-12-6-5-9-16-15(12)13/h5-6,9,11,13-14,17H,4,7-8,10H2,1-3H3. The smallest absolute Gasteiger partial charge is 0.0622 e. The Labute approximate surface area is 110 Å². The van der Waals surface area contributed by atoms with Gasteiger partial charge in [-0.2, -0.15) is 0 Å². The fourth-order valence-electron chi connectivity index (χ4n) is 2.51. The molecule has 1 aliphatic carbocycles. The fourth-order valence-corrected chi connectivity index (χ4v) is 2.51. The molecule has 0 saturated heterocycles. The maximum absolute atomic E-state index is 5.57. The van der Waals surface area contributed by atoms with Crippen LogP contribution in [-0.4, -0.2) is 24.2 Å². The third-order valence-corrected chi connectivity index (χ3v) is 3.68. The molecule has 2 unspecified atom stereocenters. The summed E-state index contributed by atoms with van der Waals surface area (Å²) in [7, 11) is 0. The van der Waals surface area contributed by atoms with E-state index in [1.807, 2.05) is 19.2 Å². The van der Waals surface area contributed by atoms with E-state index in [1.165, 1.54) is 11.3 Å². The van der Waals surface area contributed by atoms with Gasteiger partial charge in [0.1, 0.15) is 0 Å². The Bertz CT molecular complexity index is 379. The first kappa shape index (κ1) is 13.5. The number of hydrogen-bond donors (Lipinski definition) is 1. The Morgan fingerprint density at radius 1 is 1.50 bits per heavy atom. The van der Waals surface area contributed by atoms with E-state index in [9.17, 15) is 0 Å². The average molecular weight is 248 g/mol. The predicted molar refractivity (Wildman–Crippen MR) is 73.6 cm³/mol. The highest BCUT2D eigenvalue weighted by molar-refractivity contribution is 5.28. The number of fused-ring (bicyclic) bond motifs is 1. The van der Waals surface area contributed by atoms with Gasteiger partial charge in [0, 0.05) is 18.8 Å². The molecular weight excluding hydrogens is 224 g/mol. The second-order valence-corrected chi connectivity index (χ2v) is 5.32. The van der Waals surface area contributed by atoms with Crippen molar-refractivity contribution in [3.05, 3.63) is 29.6 Å². The molecule has 0 amide bonds. The number of aromatic nitrogens is 1. The molecule has 1 aromatic rings. The van der Waals surface area contributed by atoms with Crippen molar-refractivity contribution >= 4 is 0 Å². The molecule has 0 fully saturated rings. The van der Waals surface area contributed by atoms with E-state index in [4.69, 9.17) is 4.74 Å². The van der Waals surface area contributed by atoms with E-state index in [2.05, 4.69) is 30.2 Å². The van der Waals surface area contributed by atoms with Crippen LogP contribution in [-0.2, 0) is 11.2 Å². The lowest BCUT2D eigenvalue weighted by atomic mass is 10.0. The highest BCUT2D eigenvalue weighted by Gasteiger charge is 2.26. The summed E-state index contributed by atoms with van der Waals surface area (Å²) in [4.78, 5) is 4.53. The molecule has 18 heavy (non-hydrogen) atoms. The van der Waals surface area contributed by atoms with Crippen molar-refractivity contribution < 1.29 is 4.74 Å². The summed E-state index contributed by atoms with van der Waals surface area (Å²) in [6.45, 7) is 8.09. The summed E-state index contributed by atoms with van der Waals surface area (Å²) in [5, 5.41) is 3.72. The minimum atomic E-state index is 0.397. The van der Waals surface area contributed by atoms with Gasteiger partial charge in [-0.05, 0) is 37.3 Å². The minimum absolute atomic E-state index is 0.397. The second kappa shape index (κ2) is 6.30. The van der Waals surface area contributed by atoms with Crippen LogP contribution in [0, 0.1) is 5.92 Å². The molecule has 3 nitrogen and oxygen atoms in total. The van der Waals surface area contributed by atoms with Crippen molar-refractivity contribution in [2.45, 2.75) is 45.7 Å². The van der Waals surface area contributed by atoms with Crippen LogP contribution in [0.5, 0.6) is 0 Å². The lowest BCUT2D eigenvalue weighted by Crippen LogP contribution is -2.40. The van der Waals surface area contributed by atoms with Crippen molar-refractivity contribution in [3.8, 4) is 0 Å². The van der Waals surface area contributed by atoms with E-state index < -0.39 is 0 Å². The normalized spacial score (nSPS) is 20.1. The quantitative estimate of drug-likeness (QED) is 0.840. The van der Waals surface area contributed by atoms with Gasteiger partial charge in [0.05, 0.1) is 18.3 Å².